The molecule has 0 amide bonds. The molecule has 154 valence electrons. The van der Waals surface area contributed by atoms with Crippen molar-refractivity contribution < 1.29 is 17.6 Å². The monoisotopic (exact) mass is 418 g/mol. The Balaban J connectivity index is 1.62. The van der Waals surface area contributed by atoms with Crippen LogP contribution in [0, 0.1) is 35.1 Å². The average Bonchev–Trinajstić information content (AvgIpc) is 2.74. The Bertz CT molecular complexity index is 1340. The number of hydrogen-bond donors (Lipinski definition) is 0. The van der Waals surface area contributed by atoms with Gasteiger partial charge in [-0.2, -0.15) is 0 Å². The fourth-order valence-electron chi connectivity index (χ4n) is 3.48. The highest BCUT2D eigenvalue weighted by atomic mass is 19.2. The van der Waals surface area contributed by atoms with E-state index in [9.17, 15) is 17.6 Å². The molecule has 0 spiro atoms. The highest BCUT2D eigenvalue weighted by Crippen LogP contribution is 2.26. The van der Waals surface area contributed by atoms with Gasteiger partial charge in [0, 0.05) is 11.1 Å². The summed E-state index contributed by atoms with van der Waals surface area (Å²) in [6.45, 7) is 2.02. The Morgan fingerprint density at radius 3 is 2.13 bits per heavy atom. The summed E-state index contributed by atoms with van der Waals surface area (Å²) < 4.78 is 55.8. The lowest BCUT2D eigenvalue weighted by Gasteiger charge is -2.07. The number of halogens is 4. The number of benzene rings is 4. The summed E-state index contributed by atoms with van der Waals surface area (Å²) in [7, 11) is 0. The van der Waals surface area contributed by atoms with Crippen LogP contribution in [0.25, 0.3) is 21.9 Å². The highest BCUT2D eigenvalue weighted by Gasteiger charge is 2.09. The van der Waals surface area contributed by atoms with Crippen molar-refractivity contribution >= 4 is 10.8 Å². The quantitative estimate of drug-likeness (QED) is 0.240. The van der Waals surface area contributed by atoms with Gasteiger partial charge in [-0.15, -0.1) is 0 Å². The van der Waals surface area contributed by atoms with E-state index >= 15 is 0 Å². The lowest BCUT2D eigenvalue weighted by Crippen LogP contribution is -1.91. The van der Waals surface area contributed by atoms with E-state index in [1.54, 1.807) is 30.3 Å². The molecule has 0 atom stereocenters. The smallest absolute Gasteiger partial charge is 0.159 e. The molecule has 0 aliphatic carbocycles. The van der Waals surface area contributed by atoms with Crippen LogP contribution in [0.1, 0.15) is 30.0 Å². The van der Waals surface area contributed by atoms with Crippen LogP contribution in [0.4, 0.5) is 17.6 Å². The first-order valence-electron chi connectivity index (χ1n) is 9.94. The molecule has 4 rings (SSSR count). The predicted octanol–water partition coefficient (Wildman–Crippen LogP) is 7.42. The summed E-state index contributed by atoms with van der Waals surface area (Å²) in [5.74, 6) is 2.80. The molecule has 4 heteroatoms. The van der Waals surface area contributed by atoms with Crippen molar-refractivity contribution in [2.24, 2.45) is 0 Å². The normalized spacial score (nSPS) is 10.7. The van der Waals surface area contributed by atoms with Gasteiger partial charge in [0.2, 0.25) is 0 Å². The van der Waals surface area contributed by atoms with E-state index in [0.29, 0.717) is 27.5 Å². The van der Waals surface area contributed by atoms with Gasteiger partial charge in [0.25, 0.3) is 0 Å². The van der Waals surface area contributed by atoms with Gasteiger partial charge in [-0.05, 0) is 70.8 Å². The van der Waals surface area contributed by atoms with Crippen LogP contribution in [-0.4, -0.2) is 0 Å². The molecule has 0 nitrogen and oxygen atoms in total. The summed E-state index contributed by atoms with van der Waals surface area (Å²) >= 11 is 0. The molecule has 0 aromatic heterocycles. The predicted molar refractivity (Wildman–Crippen MR) is 116 cm³/mol. The molecule has 0 N–H and O–H groups in total. The van der Waals surface area contributed by atoms with Gasteiger partial charge < -0.3 is 0 Å². The van der Waals surface area contributed by atoms with E-state index in [1.807, 2.05) is 13.0 Å². The fourth-order valence-corrected chi connectivity index (χ4v) is 3.48. The van der Waals surface area contributed by atoms with E-state index < -0.39 is 17.5 Å². The van der Waals surface area contributed by atoms with Crippen LogP contribution in [0.2, 0.25) is 0 Å². The Labute approximate surface area is 178 Å². The van der Waals surface area contributed by atoms with Gasteiger partial charge in [0.1, 0.15) is 11.6 Å². The average molecular weight is 418 g/mol. The molecule has 31 heavy (non-hydrogen) atoms. The molecule has 4 aromatic carbocycles. The SMILES string of the molecule is CCCc1ccc(-c2ccc(C#Cc3ccc4cc(F)c(F)cc4c3)c(F)c2)c(F)c1. The zero-order valence-electron chi connectivity index (χ0n) is 16.8. The lowest BCUT2D eigenvalue weighted by atomic mass is 10.00. The van der Waals surface area contributed by atoms with Crippen LogP contribution in [0.15, 0.2) is 66.7 Å². The van der Waals surface area contributed by atoms with Crippen LogP contribution < -0.4 is 0 Å². The molecule has 0 aliphatic rings. The van der Waals surface area contributed by atoms with Crippen molar-refractivity contribution in [3.05, 3.63) is 107 Å². The van der Waals surface area contributed by atoms with Gasteiger partial charge in [-0.3, -0.25) is 0 Å². The Hall–Kier alpha value is -3.58. The van der Waals surface area contributed by atoms with Crippen molar-refractivity contribution in [3.8, 4) is 23.0 Å². The molecular formula is C27H18F4. The molecule has 0 aliphatic heterocycles. The molecule has 0 unspecified atom stereocenters. The van der Waals surface area contributed by atoms with Gasteiger partial charge in [-0.1, -0.05) is 49.5 Å². The third kappa shape index (κ3) is 4.46. The zero-order chi connectivity index (χ0) is 22.0. The summed E-state index contributed by atoms with van der Waals surface area (Å²) in [6, 6.07) is 16.5. The van der Waals surface area contributed by atoms with Crippen molar-refractivity contribution in [3.63, 3.8) is 0 Å². The number of rotatable bonds is 3. The van der Waals surface area contributed by atoms with E-state index in [4.69, 9.17) is 0 Å². The van der Waals surface area contributed by atoms with E-state index in [0.717, 1.165) is 30.5 Å². The third-order valence-electron chi connectivity index (χ3n) is 5.07. The van der Waals surface area contributed by atoms with Crippen molar-refractivity contribution in [1.29, 1.82) is 0 Å². The summed E-state index contributed by atoms with van der Waals surface area (Å²) in [5.41, 5.74) is 2.38. The lowest BCUT2D eigenvalue weighted by molar-refractivity contribution is 0.511. The number of hydrogen-bond acceptors (Lipinski definition) is 0. The third-order valence-corrected chi connectivity index (χ3v) is 5.07. The summed E-state index contributed by atoms with van der Waals surface area (Å²) in [6.07, 6.45) is 1.71. The summed E-state index contributed by atoms with van der Waals surface area (Å²) in [4.78, 5) is 0. The molecule has 4 aromatic rings. The Morgan fingerprint density at radius 1 is 0.645 bits per heavy atom. The van der Waals surface area contributed by atoms with Crippen LogP contribution >= 0.6 is 0 Å². The first-order chi connectivity index (χ1) is 14.9. The number of aryl methyl sites for hydroxylation is 1. The van der Waals surface area contributed by atoms with Crippen LogP contribution in [-0.2, 0) is 6.42 Å². The van der Waals surface area contributed by atoms with Crippen LogP contribution in [0.3, 0.4) is 0 Å². The maximum atomic E-state index is 14.6. The molecule has 0 bridgehead atoms. The van der Waals surface area contributed by atoms with Crippen molar-refractivity contribution in [2.75, 3.05) is 0 Å². The minimum absolute atomic E-state index is 0.164. The molecular weight excluding hydrogens is 400 g/mol. The maximum Gasteiger partial charge on any atom is 0.159 e. The molecule has 0 fully saturated rings. The molecule has 0 radical (unpaired) electrons. The highest BCUT2D eigenvalue weighted by molar-refractivity contribution is 5.84. The molecule has 0 heterocycles. The minimum Gasteiger partial charge on any atom is -0.206 e. The standard InChI is InChI=1S/C27H18F4/c1-2-3-17-6-11-23(25(29)13-17)21-10-9-19(24(28)15-21)7-4-18-5-8-20-14-26(30)27(31)16-22(20)12-18/h5-6,8-16H,2-3H2,1H3. The van der Waals surface area contributed by atoms with Gasteiger partial charge in [-0.25, -0.2) is 17.6 Å². The van der Waals surface area contributed by atoms with Gasteiger partial charge >= 0.3 is 0 Å². The minimum atomic E-state index is -0.936. The second kappa shape index (κ2) is 8.65. The largest absolute Gasteiger partial charge is 0.206 e. The van der Waals surface area contributed by atoms with E-state index in [2.05, 4.69) is 11.8 Å². The van der Waals surface area contributed by atoms with Crippen molar-refractivity contribution in [2.45, 2.75) is 19.8 Å². The first-order valence-corrected chi connectivity index (χ1v) is 9.94. The van der Waals surface area contributed by atoms with Crippen LogP contribution in [0.5, 0.6) is 0 Å². The van der Waals surface area contributed by atoms with Gasteiger partial charge in [0.15, 0.2) is 11.6 Å². The second-order valence-corrected chi connectivity index (χ2v) is 7.34. The summed E-state index contributed by atoms with van der Waals surface area (Å²) in [5, 5.41) is 1.05. The Morgan fingerprint density at radius 2 is 1.42 bits per heavy atom. The van der Waals surface area contributed by atoms with E-state index in [1.165, 1.54) is 18.2 Å². The zero-order valence-corrected chi connectivity index (χ0v) is 16.8. The van der Waals surface area contributed by atoms with E-state index in [-0.39, 0.29) is 11.4 Å². The van der Waals surface area contributed by atoms with Crippen molar-refractivity contribution in [1.82, 2.24) is 0 Å². The second-order valence-electron chi connectivity index (χ2n) is 7.34. The Kier molecular flexibility index (Phi) is 5.77. The topological polar surface area (TPSA) is 0 Å². The first kappa shape index (κ1) is 20.7. The number of fused-ring (bicyclic) bond motifs is 1. The fraction of sp³-hybridized carbons (Fsp3) is 0.111. The molecule has 0 saturated heterocycles. The van der Waals surface area contributed by atoms with Gasteiger partial charge in [0.05, 0.1) is 5.56 Å². The maximum absolute atomic E-state index is 14.6. The molecule has 0 saturated carbocycles.